The van der Waals surface area contributed by atoms with Gasteiger partial charge in [-0.3, -0.25) is 14.4 Å². The third-order valence-electron chi connectivity index (χ3n) is 12.3. The van der Waals surface area contributed by atoms with E-state index in [9.17, 15) is 14.4 Å². The van der Waals surface area contributed by atoms with E-state index in [0.717, 1.165) is 89.9 Å². The Kier molecular flexibility index (Phi) is 52.3. The van der Waals surface area contributed by atoms with Crippen molar-refractivity contribution in [3.05, 3.63) is 60.8 Å². The minimum Gasteiger partial charge on any atom is -0.462 e. The molecule has 1 unspecified atom stereocenters. The average Bonchev–Trinajstić information content (AvgIpc) is 3.31. The Bertz CT molecular complexity index is 1200. The highest BCUT2D eigenvalue weighted by molar-refractivity contribution is 5.71. The van der Waals surface area contributed by atoms with Crippen LogP contribution in [0.4, 0.5) is 0 Å². The van der Waals surface area contributed by atoms with Crippen molar-refractivity contribution in [2.75, 3.05) is 13.2 Å². The molecule has 0 heterocycles. The van der Waals surface area contributed by atoms with Crippen LogP contribution in [0.15, 0.2) is 60.8 Å². The Morgan fingerprint density at radius 2 is 0.591 bits per heavy atom. The van der Waals surface area contributed by atoms with Crippen LogP contribution in [0, 0.1) is 0 Å². The Balaban J connectivity index is 4.06. The van der Waals surface area contributed by atoms with Gasteiger partial charge in [-0.05, 0) is 64.2 Å². The number of esters is 3. The number of allylic oxidation sites excluding steroid dienone is 10. The predicted octanol–water partition coefficient (Wildman–Crippen LogP) is 18.8. The van der Waals surface area contributed by atoms with E-state index in [1.165, 1.54) is 154 Å². The van der Waals surface area contributed by atoms with E-state index in [1.54, 1.807) is 0 Å². The highest BCUT2D eigenvalue weighted by Crippen LogP contribution is 2.16. The summed E-state index contributed by atoms with van der Waals surface area (Å²) in [5.41, 5.74) is 0. The minimum atomic E-state index is -0.767. The first-order valence-corrected chi connectivity index (χ1v) is 28.3. The first kappa shape index (κ1) is 63.1. The minimum absolute atomic E-state index is 0.0699. The second-order valence-electron chi connectivity index (χ2n) is 18.8. The van der Waals surface area contributed by atoms with Crippen LogP contribution in [0.1, 0.15) is 284 Å². The molecule has 0 amide bonds. The molecule has 0 spiro atoms. The molecule has 0 radical (unpaired) electrons. The maximum Gasteiger partial charge on any atom is 0.306 e. The molecule has 0 aliphatic heterocycles. The molecule has 0 aliphatic rings. The van der Waals surface area contributed by atoms with Crippen LogP contribution in [0.25, 0.3) is 0 Å². The quantitative estimate of drug-likeness (QED) is 0.0262. The molecule has 0 N–H and O–H groups in total. The Morgan fingerprint density at radius 1 is 0.318 bits per heavy atom. The van der Waals surface area contributed by atoms with E-state index in [0.29, 0.717) is 19.3 Å². The molecular weight excluding hydrogens is 817 g/mol. The fourth-order valence-electron chi connectivity index (χ4n) is 8.06. The lowest BCUT2D eigenvalue weighted by Gasteiger charge is -2.18. The Hall–Kier alpha value is -2.89. The van der Waals surface area contributed by atoms with Crippen molar-refractivity contribution < 1.29 is 28.6 Å². The number of hydrogen-bond acceptors (Lipinski definition) is 6. The van der Waals surface area contributed by atoms with Crippen molar-refractivity contribution in [2.45, 2.75) is 290 Å². The molecule has 6 nitrogen and oxygen atoms in total. The SMILES string of the molecule is CC/C=C\C/C=C\C/C=C\C/C=C\C/C=C\CCCCCCCCCCCCCCCC(=O)OCC(COC(=O)CCCCCCCCCC)OC(=O)CCCCCCCCCCCCC. The van der Waals surface area contributed by atoms with E-state index < -0.39 is 6.10 Å². The van der Waals surface area contributed by atoms with E-state index >= 15 is 0 Å². The van der Waals surface area contributed by atoms with Crippen LogP contribution in [0.5, 0.6) is 0 Å². The van der Waals surface area contributed by atoms with E-state index in [2.05, 4.69) is 81.5 Å². The van der Waals surface area contributed by atoms with E-state index in [-0.39, 0.29) is 31.1 Å². The molecule has 1 atom stereocenters. The van der Waals surface area contributed by atoms with Crippen molar-refractivity contribution in [3.8, 4) is 0 Å². The topological polar surface area (TPSA) is 78.9 Å². The summed E-state index contributed by atoms with van der Waals surface area (Å²) in [5, 5.41) is 0. The van der Waals surface area contributed by atoms with Crippen molar-refractivity contribution in [3.63, 3.8) is 0 Å². The van der Waals surface area contributed by atoms with Crippen molar-refractivity contribution in [2.24, 2.45) is 0 Å². The van der Waals surface area contributed by atoms with Crippen LogP contribution in [-0.4, -0.2) is 37.2 Å². The molecule has 0 aromatic carbocycles. The molecule has 6 heteroatoms. The normalized spacial score (nSPS) is 12.5. The highest BCUT2D eigenvalue weighted by Gasteiger charge is 2.19. The summed E-state index contributed by atoms with van der Waals surface area (Å²) in [6, 6.07) is 0. The van der Waals surface area contributed by atoms with Gasteiger partial charge < -0.3 is 14.2 Å². The smallest absolute Gasteiger partial charge is 0.306 e. The molecule has 0 aromatic rings. The zero-order valence-electron chi connectivity index (χ0n) is 43.7. The van der Waals surface area contributed by atoms with Gasteiger partial charge in [0.25, 0.3) is 0 Å². The number of unbranched alkanes of at least 4 members (excludes halogenated alkanes) is 30. The van der Waals surface area contributed by atoms with Crippen molar-refractivity contribution in [1.29, 1.82) is 0 Å². The standard InChI is InChI=1S/C60H106O6/c1-4-7-10-13-16-19-21-22-23-24-25-26-27-28-29-30-31-32-33-34-35-36-37-38-40-41-44-47-50-53-59(62)65-56-57(55-64-58(61)52-49-46-43-18-15-12-9-6-3)66-60(63)54-51-48-45-42-39-20-17-14-11-8-5-2/h7,10,16,19,22-23,25-26,28-29,57H,4-6,8-9,11-15,17-18,20-21,24,27,30-56H2,1-3H3/b10-7-,19-16-,23-22-,26-25-,29-28-. The largest absolute Gasteiger partial charge is 0.462 e. The first-order chi connectivity index (χ1) is 32.5. The molecule has 382 valence electrons. The Labute approximate surface area is 409 Å². The van der Waals surface area contributed by atoms with Gasteiger partial charge in [-0.25, -0.2) is 0 Å². The van der Waals surface area contributed by atoms with Crippen LogP contribution in [0.3, 0.4) is 0 Å². The van der Waals surface area contributed by atoms with Gasteiger partial charge in [-0.2, -0.15) is 0 Å². The lowest BCUT2D eigenvalue weighted by Crippen LogP contribution is -2.30. The van der Waals surface area contributed by atoms with Gasteiger partial charge in [0.15, 0.2) is 6.10 Å². The molecule has 66 heavy (non-hydrogen) atoms. The van der Waals surface area contributed by atoms with Crippen molar-refractivity contribution in [1.82, 2.24) is 0 Å². The lowest BCUT2D eigenvalue weighted by molar-refractivity contribution is -0.167. The molecule has 0 aromatic heterocycles. The molecular formula is C60H106O6. The summed E-state index contributed by atoms with van der Waals surface area (Å²) < 4.78 is 16.8. The number of carbonyl (C=O) groups is 3. The summed E-state index contributed by atoms with van der Waals surface area (Å²) >= 11 is 0. The maximum absolute atomic E-state index is 12.7. The molecule has 0 fully saturated rings. The van der Waals surface area contributed by atoms with E-state index in [1.807, 2.05) is 0 Å². The molecule has 0 saturated carbocycles. The van der Waals surface area contributed by atoms with Crippen LogP contribution < -0.4 is 0 Å². The number of rotatable bonds is 51. The summed E-state index contributed by atoms with van der Waals surface area (Å²) in [4.78, 5) is 37.9. The van der Waals surface area contributed by atoms with Gasteiger partial charge in [0.2, 0.25) is 0 Å². The Morgan fingerprint density at radius 3 is 0.924 bits per heavy atom. The maximum atomic E-state index is 12.7. The number of carbonyl (C=O) groups excluding carboxylic acids is 3. The van der Waals surface area contributed by atoms with Gasteiger partial charge >= 0.3 is 17.9 Å². The van der Waals surface area contributed by atoms with Crippen LogP contribution in [-0.2, 0) is 28.6 Å². The summed E-state index contributed by atoms with van der Waals surface area (Å²) in [6.07, 6.45) is 68.1. The average molecular weight is 924 g/mol. The van der Waals surface area contributed by atoms with E-state index in [4.69, 9.17) is 14.2 Å². The monoisotopic (exact) mass is 923 g/mol. The van der Waals surface area contributed by atoms with Crippen molar-refractivity contribution >= 4 is 17.9 Å². The highest BCUT2D eigenvalue weighted by atomic mass is 16.6. The number of hydrogen-bond donors (Lipinski definition) is 0. The van der Waals surface area contributed by atoms with Gasteiger partial charge in [-0.1, -0.05) is 261 Å². The zero-order valence-corrected chi connectivity index (χ0v) is 43.7. The zero-order chi connectivity index (χ0) is 47.9. The summed E-state index contributed by atoms with van der Waals surface area (Å²) in [7, 11) is 0. The third-order valence-corrected chi connectivity index (χ3v) is 12.3. The number of ether oxygens (including phenoxy) is 3. The van der Waals surface area contributed by atoms with Gasteiger partial charge in [-0.15, -0.1) is 0 Å². The van der Waals surface area contributed by atoms with Gasteiger partial charge in [0.1, 0.15) is 13.2 Å². The fraction of sp³-hybridized carbons (Fsp3) is 0.783. The molecule has 0 aliphatic carbocycles. The summed E-state index contributed by atoms with van der Waals surface area (Å²) in [5.74, 6) is -0.867. The second kappa shape index (κ2) is 54.7. The first-order valence-electron chi connectivity index (χ1n) is 28.3. The fourth-order valence-corrected chi connectivity index (χ4v) is 8.06. The van der Waals surface area contributed by atoms with Gasteiger partial charge in [0.05, 0.1) is 0 Å². The summed E-state index contributed by atoms with van der Waals surface area (Å²) in [6.45, 7) is 6.50. The third kappa shape index (κ3) is 52.1. The van der Waals surface area contributed by atoms with Gasteiger partial charge in [0, 0.05) is 19.3 Å². The van der Waals surface area contributed by atoms with Crippen LogP contribution in [0.2, 0.25) is 0 Å². The lowest BCUT2D eigenvalue weighted by atomic mass is 10.0. The molecule has 0 rings (SSSR count). The predicted molar refractivity (Wildman–Crippen MR) is 284 cm³/mol. The van der Waals surface area contributed by atoms with Crippen LogP contribution >= 0.6 is 0 Å². The molecule has 0 saturated heterocycles. The second-order valence-corrected chi connectivity index (χ2v) is 18.8. The molecule has 0 bridgehead atoms.